The van der Waals surface area contributed by atoms with Gasteiger partial charge in [-0.1, -0.05) is 6.92 Å². The summed E-state index contributed by atoms with van der Waals surface area (Å²) in [5.74, 6) is 1.23. The van der Waals surface area contributed by atoms with Crippen molar-refractivity contribution in [2.45, 2.75) is 82.6 Å². The normalized spacial score (nSPS) is 23.6. The Balaban J connectivity index is 1.20. The molecule has 0 radical (unpaired) electrons. The van der Waals surface area contributed by atoms with E-state index in [9.17, 15) is 14.7 Å². The van der Waals surface area contributed by atoms with E-state index in [0.29, 0.717) is 32.0 Å². The molecule has 1 aromatic heterocycles. The van der Waals surface area contributed by atoms with E-state index in [-0.39, 0.29) is 35.4 Å². The molecule has 39 heavy (non-hydrogen) atoms. The first kappa shape index (κ1) is 27.3. The van der Waals surface area contributed by atoms with Crippen molar-refractivity contribution >= 4 is 23.6 Å². The van der Waals surface area contributed by atoms with Gasteiger partial charge in [0.05, 0.1) is 30.7 Å². The summed E-state index contributed by atoms with van der Waals surface area (Å²) in [7, 11) is 1.76. The molecule has 0 unspecified atom stereocenters. The van der Waals surface area contributed by atoms with Crippen LogP contribution < -0.4 is 15.6 Å². The molecule has 10 nitrogen and oxygen atoms in total. The van der Waals surface area contributed by atoms with Gasteiger partial charge < -0.3 is 30.2 Å². The lowest BCUT2D eigenvalue weighted by Gasteiger charge is -2.39. The summed E-state index contributed by atoms with van der Waals surface area (Å²) in [6.45, 7) is 3.00. The second-order valence-corrected chi connectivity index (χ2v) is 11.6. The first-order chi connectivity index (χ1) is 18.7. The maximum Gasteiger partial charge on any atom is 0.264 e. The van der Waals surface area contributed by atoms with Crippen LogP contribution in [0.15, 0.2) is 35.4 Å². The molecule has 0 bridgehead atoms. The van der Waals surface area contributed by atoms with Crippen molar-refractivity contribution in [3.63, 3.8) is 0 Å². The number of amides is 1. The second kappa shape index (κ2) is 11.1. The fourth-order valence-corrected chi connectivity index (χ4v) is 5.56. The minimum absolute atomic E-state index is 0.0670. The van der Waals surface area contributed by atoms with E-state index in [1.165, 1.54) is 10.9 Å². The van der Waals surface area contributed by atoms with Gasteiger partial charge in [0.15, 0.2) is 0 Å². The van der Waals surface area contributed by atoms with Gasteiger partial charge in [-0.05, 0) is 75.6 Å². The molecule has 5 rings (SSSR count). The maximum atomic E-state index is 13.2. The van der Waals surface area contributed by atoms with Crippen LogP contribution in [0.4, 0.5) is 11.5 Å². The number of carbonyl (C=O) groups is 1. The minimum Gasteiger partial charge on any atom is -0.490 e. The zero-order valence-electron chi connectivity index (χ0n) is 22.8. The molecule has 2 saturated carbocycles. The summed E-state index contributed by atoms with van der Waals surface area (Å²) < 4.78 is 12.9. The van der Waals surface area contributed by atoms with Crippen LogP contribution in [0.1, 0.15) is 63.9 Å². The fraction of sp³-hybridized carbons (Fsp3) is 0.586. The Labute approximate surface area is 228 Å². The highest BCUT2D eigenvalue weighted by Crippen LogP contribution is 2.47. The van der Waals surface area contributed by atoms with Crippen LogP contribution >= 0.6 is 0 Å². The largest absolute Gasteiger partial charge is 0.490 e. The first-order valence-electron chi connectivity index (χ1n) is 13.9. The van der Waals surface area contributed by atoms with Gasteiger partial charge in [-0.15, -0.1) is 0 Å². The Bertz CT molecular complexity index is 1240. The number of hydrogen-bond acceptors (Lipinski definition) is 8. The summed E-state index contributed by atoms with van der Waals surface area (Å²) in [5, 5.41) is 22.2. The lowest BCUT2D eigenvalue weighted by atomic mass is 9.90. The molecule has 3 N–H and O–H groups in total. The number of carbonyl (C=O) groups excluding carboxylic acids is 1. The van der Waals surface area contributed by atoms with E-state index < -0.39 is 11.2 Å². The lowest BCUT2D eigenvalue weighted by Crippen LogP contribution is -2.51. The van der Waals surface area contributed by atoms with Crippen molar-refractivity contribution in [2.75, 3.05) is 25.5 Å². The van der Waals surface area contributed by atoms with Crippen molar-refractivity contribution in [2.24, 2.45) is 5.41 Å². The molecular weight excluding hydrogens is 498 g/mol. The second-order valence-electron chi connectivity index (χ2n) is 11.6. The van der Waals surface area contributed by atoms with E-state index in [1.807, 2.05) is 36.1 Å². The first-order valence-corrected chi connectivity index (χ1v) is 13.9. The Hall–Kier alpha value is -3.24. The molecule has 0 spiro atoms. The van der Waals surface area contributed by atoms with Gasteiger partial charge in [-0.25, -0.2) is 4.98 Å². The average Bonchev–Trinajstić information content (AvgIpc) is 3.70. The summed E-state index contributed by atoms with van der Waals surface area (Å²) in [5.41, 5.74) is -0.899. The number of piperidine rings is 1. The topological polar surface area (TPSA) is 130 Å². The predicted molar refractivity (Wildman–Crippen MR) is 148 cm³/mol. The molecule has 3 fully saturated rings. The van der Waals surface area contributed by atoms with Crippen LogP contribution in [-0.4, -0.2) is 69.7 Å². The highest BCUT2D eigenvalue weighted by molar-refractivity contribution is 5.85. The molecule has 1 saturated heterocycles. The van der Waals surface area contributed by atoms with Gasteiger partial charge in [0.1, 0.15) is 17.1 Å². The third kappa shape index (κ3) is 6.17. The maximum absolute atomic E-state index is 13.2. The Morgan fingerprint density at radius 1 is 1.13 bits per heavy atom. The van der Waals surface area contributed by atoms with Crippen molar-refractivity contribution in [3.05, 3.63) is 46.5 Å². The lowest BCUT2D eigenvalue weighted by molar-refractivity contribution is -0.141. The zero-order chi connectivity index (χ0) is 27.6. The van der Waals surface area contributed by atoms with E-state index in [0.717, 1.165) is 56.2 Å². The molecule has 2 heterocycles. The van der Waals surface area contributed by atoms with Gasteiger partial charge in [0.25, 0.3) is 5.56 Å². The quantitative estimate of drug-likeness (QED) is 0.418. The van der Waals surface area contributed by atoms with E-state index in [1.54, 1.807) is 7.11 Å². The number of aromatic nitrogens is 2. The number of aliphatic hydroxyl groups is 1. The van der Waals surface area contributed by atoms with Gasteiger partial charge in [-0.3, -0.25) is 14.2 Å². The van der Waals surface area contributed by atoms with Crippen LogP contribution in [-0.2, 0) is 16.1 Å². The van der Waals surface area contributed by atoms with Crippen LogP contribution in [0.25, 0.3) is 0 Å². The van der Waals surface area contributed by atoms with E-state index >= 15 is 0 Å². The molecule has 2 aliphatic carbocycles. The number of rotatable bonds is 9. The molecule has 2 aromatic rings. The highest BCUT2D eigenvalue weighted by Gasteiger charge is 2.48. The van der Waals surface area contributed by atoms with Gasteiger partial charge in [0, 0.05) is 37.5 Å². The summed E-state index contributed by atoms with van der Waals surface area (Å²) in [6.07, 6.45) is 9.46. The van der Waals surface area contributed by atoms with E-state index in [2.05, 4.69) is 10.3 Å². The third-order valence-electron chi connectivity index (χ3n) is 8.55. The van der Waals surface area contributed by atoms with Crippen LogP contribution in [0.5, 0.6) is 5.75 Å². The minimum atomic E-state index is -1.11. The van der Waals surface area contributed by atoms with Gasteiger partial charge in [0.2, 0.25) is 5.91 Å². The van der Waals surface area contributed by atoms with Crippen LogP contribution in [0.3, 0.4) is 0 Å². The summed E-state index contributed by atoms with van der Waals surface area (Å²) in [6, 6.07) is 7.48. The third-order valence-corrected chi connectivity index (χ3v) is 8.55. The average molecular weight is 538 g/mol. The molecule has 10 heteroatoms. The number of anilines is 2. The molecule has 1 aromatic carbocycles. The smallest absolute Gasteiger partial charge is 0.264 e. The predicted octanol–water partition coefficient (Wildman–Crippen LogP) is 3.47. The number of methoxy groups -OCH3 is 1. The van der Waals surface area contributed by atoms with Gasteiger partial charge in [-0.2, -0.15) is 0 Å². The Morgan fingerprint density at radius 2 is 1.77 bits per heavy atom. The van der Waals surface area contributed by atoms with Gasteiger partial charge >= 0.3 is 0 Å². The fourth-order valence-electron chi connectivity index (χ4n) is 5.56. The molecule has 210 valence electrons. The molecule has 1 amide bonds. The number of ether oxygens (including phenoxy) is 2. The summed E-state index contributed by atoms with van der Waals surface area (Å²) >= 11 is 0. The van der Waals surface area contributed by atoms with Crippen molar-refractivity contribution in [3.8, 4) is 5.75 Å². The van der Waals surface area contributed by atoms with Crippen molar-refractivity contribution in [1.29, 1.82) is 5.41 Å². The molecule has 0 atom stereocenters. The van der Waals surface area contributed by atoms with E-state index in [4.69, 9.17) is 14.9 Å². The molecule has 1 aliphatic heterocycles. The zero-order valence-corrected chi connectivity index (χ0v) is 22.8. The van der Waals surface area contributed by atoms with Crippen LogP contribution in [0, 0.1) is 10.8 Å². The Kier molecular flexibility index (Phi) is 7.77. The molecule has 3 aliphatic rings. The standard InChI is InChI=1S/C29H39N5O5/c1-28(11-12-28)27(36)33-15-13-29(37,14-16-33)18-34-19-31-25(24(17-30)26(34)35)32-20-3-5-22(6-4-20)39-23-9-7-21(38-2)8-10-23/h3-6,17,19,21,23,30,32,37H,7-16,18H2,1-2H3. The van der Waals surface area contributed by atoms with Crippen molar-refractivity contribution < 1.29 is 19.4 Å². The van der Waals surface area contributed by atoms with Crippen LogP contribution in [0.2, 0.25) is 0 Å². The number of nitrogens with one attached hydrogen (secondary N) is 2. The SMILES string of the molecule is COC1CCC(Oc2ccc(Nc3ncn(CC4(O)CCN(C(=O)C5(C)CC5)CC4)c(=O)c3C=N)cc2)CC1. The number of benzene rings is 1. The highest BCUT2D eigenvalue weighted by atomic mass is 16.5. The number of nitrogens with zero attached hydrogens (tertiary/aromatic N) is 3. The Morgan fingerprint density at radius 3 is 2.36 bits per heavy atom. The summed E-state index contributed by atoms with van der Waals surface area (Å²) in [4.78, 5) is 32.1. The molecular formula is C29H39N5O5. The van der Waals surface area contributed by atoms with Crippen molar-refractivity contribution in [1.82, 2.24) is 14.5 Å². The monoisotopic (exact) mass is 537 g/mol. The number of likely N-dealkylation sites (tertiary alicyclic amines) is 1. The number of hydrogen-bond donors (Lipinski definition) is 3.